The van der Waals surface area contributed by atoms with E-state index in [0.29, 0.717) is 6.54 Å². The summed E-state index contributed by atoms with van der Waals surface area (Å²) in [6.45, 7) is 0.408. The molecule has 0 aliphatic heterocycles. The molecule has 1 aromatic carbocycles. The topological polar surface area (TPSA) is 79.8 Å². The first kappa shape index (κ1) is 17.3. The predicted octanol–water partition coefficient (Wildman–Crippen LogP) is 3.15. The lowest BCUT2D eigenvalue weighted by Gasteiger charge is -2.08. The van der Waals surface area contributed by atoms with Crippen molar-refractivity contribution in [2.24, 2.45) is 0 Å². The SMILES string of the molecule is O=C(Nc1ccc(F)c(F)c1F)c1ccnc(NCc2ccncc2)n1. The Labute approximate surface area is 146 Å². The number of hydrogen-bond acceptors (Lipinski definition) is 5. The van der Waals surface area contributed by atoms with Crippen molar-refractivity contribution in [2.45, 2.75) is 6.54 Å². The van der Waals surface area contributed by atoms with Crippen LogP contribution in [-0.2, 0) is 6.54 Å². The van der Waals surface area contributed by atoms with Gasteiger partial charge in [-0.3, -0.25) is 9.78 Å². The maximum absolute atomic E-state index is 13.6. The van der Waals surface area contributed by atoms with Gasteiger partial charge in [0, 0.05) is 25.1 Å². The molecule has 0 radical (unpaired) electrons. The van der Waals surface area contributed by atoms with E-state index in [4.69, 9.17) is 0 Å². The van der Waals surface area contributed by atoms with Crippen molar-refractivity contribution in [3.05, 3.63) is 77.6 Å². The second kappa shape index (κ2) is 7.60. The highest BCUT2D eigenvalue weighted by molar-refractivity contribution is 6.03. The van der Waals surface area contributed by atoms with Crippen molar-refractivity contribution >= 4 is 17.5 Å². The van der Waals surface area contributed by atoms with Gasteiger partial charge in [-0.05, 0) is 35.9 Å². The molecular weight excluding hydrogens is 347 g/mol. The van der Waals surface area contributed by atoms with Crippen LogP contribution in [0.4, 0.5) is 24.8 Å². The third kappa shape index (κ3) is 3.94. The van der Waals surface area contributed by atoms with Crippen LogP contribution in [0.5, 0.6) is 0 Å². The van der Waals surface area contributed by atoms with Gasteiger partial charge in [0.25, 0.3) is 5.91 Å². The quantitative estimate of drug-likeness (QED) is 0.684. The normalized spacial score (nSPS) is 10.4. The molecule has 2 N–H and O–H groups in total. The summed E-state index contributed by atoms with van der Waals surface area (Å²) in [5.41, 5.74) is 0.377. The highest BCUT2D eigenvalue weighted by Crippen LogP contribution is 2.20. The number of nitrogens with zero attached hydrogens (tertiary/aromatic N) is 3. The van der Waals surface area contributed by atoms with Gasteiger partial charge in [-0.25, -0.2) is 23.1 Å². The number of amides is 1. The van der Waals surface area contributed by atoms with Gasteiger partial charge in [-0.2, -0.15) is 0 Å². The van der Waals surface area contributed by atoms with Crippen LogP contribution in [0.15, 0.2) is 48.9 Å². The molecule has 26 heavy (non-hydrogen) atoms. The Bertz CT molecular complexity index is 937. The van der Waals surface area contributed by atoms with Crippen LogP contribution in [0.25, 0.3) is 0 Å². The van der Waals surface area contributed by atoms with Gasteiger partial charge in [0.2, 0.25) is 5.95 Å². The summed E-state index contributed by atoms with van der Waals surface area (Å²) < 4.78 is 39.8. The molecule has 1 amide bonds. The second-order valence-corrected chi connectivity index (χ2v) is 5.15. The minimum atomic E-state index is -1.66. The summed E-state index contributed by atoms with van der Waals surface area (Å²) in [6.07, 6.45) is 4.62. The molecule has 0 saturated heterocycles. The van der Waals surface area contributed by atoms with Crippen molar-refractivity contribution in [1.82, 2.24) is 15.0 Å². The number of rotatable bonds is 5. The summed E-state index contributed by atoms with van der Waals surface area (Å²) in [5.74, 6) is -5.09. The highest BCUT2D eigenvalue weighted by Gasteiger charge is 2.17. The smallest absolute Gasteiger partial charge is 0.274 e. The number of benzene rings is 1. The van der Waals surface area contributed by atoms with Crippen molar-refractivity contribution in [1.29, 1.82) is 0 Å². The predicted molar refractivity (Wildman–Crippen MR) is 87.9 cm³/mol. The molecule has 0 saturated carbocycles. The zero-order chi connectivity index (χ0) is 18.5. The lowest BCUT2D eigenvalue weighted by molar-refractivity contribution is 0.102. The van der Waals surface area contributed by atoms with E-state index < -0.39 is 29.0 Å². The van der Waals surface area contributed by atoms with E-state index in [9.17, 15) is 18.0 Å². The largest absolute Gasteiger partial charge is 0.350 e. The minimum Gasteiger partial charge on any atom is -0.350 e. The number of carbonyl (C=O) groups excluding carboxylic acids is 1. The number of anilines is 2. The molecule has 9 heteroatoms. The summed E-state index contributed by atoms with van der Waals surface area (Å²) in [7, 11) is 0. The second-order valence-electron chi connectivity index (χ2n) is 5.15. The Balaban J connectivity index is 1.71. The molecular formula is C17H12F3N5O. The fourth-order valence-corrected chi connectivity index (χ4v) is 2.06. The standard InChI is InChI=1S/C17H12F3N5O/c18-11-1-2-12(15(20)14(11)19)24-16(26)13-5-8-22-17(25-13)23-9-10-3-6-21-7-4-10/h1-8H,9H2,(H,24,26)(H,22,23,25). The number of carbonyl (C=O) groups is 1. The molecule has 6 nitrogen and oxygen atoms in total. The molecule has 2 aromatic heterocycles. The number of halogens is 3. The molecule has 0 aliphatic rings. The summed E-state index contributed by atoms with van der Waals surface area (Å²) in [6, 6.07) is 6.56. The Kier molecular flexibility index (Phi) is 5.07. The van der Waals surface area contributed by atoms with E-state index in [2.05, 4.69) is 25.6 Å². The summed E-state index contributed by atoms with van der Waals surface area (Å²) in [5, 5.41) is 5.08. The van der Waals surface area contributed by atoms with Crippen LogP contribution >= 0.6 is 0 Å². The maximum atomic E-state index is 13.6. The molecule has 3 rings (SSSR count). The number of aromatic nitrogens is 3. The van der Waals surface area contributed by atoms with E-state index in [1.807, 2.05) is 0 Å². The average molecular weight is 359 g/mol. The number of pyridine rings is 1. The zero-order valence-electron chi connectivity index (χ0n) is 13.2. The average Bonchev–Trinajstić information content (AvgIpc) is 2.68. The van der Waals surface area contributed by atoms with Crippen LogP contribution in [0.2, 0.25) is 0 Å². The molecule has 0 atom stereocenters. The van der Waals surface area contributed by atoms with Crippen LogP contribution in [0, 0.1) is 17.5 Å². The van der Waals surface area contributed by atoms with Crippen molar-refractivity contribution in [2.75, 3.05) is 10.6 Å². The molecule has 0 aliphatic carbocycles. The van der Waals surface area contributed by atoms with E-state index in [0.717, 1.165) is 17.7 Å². The minimum absolute atomic E-state index is 0.0682. The van der Waals surface area contributed by atoms with E-state index in [-0.39, 0.29) is 11.6 Å². The first-order valence-corrected chi connectivity index (χ1v) is 7.45. The Morgan fingerprint density at radius 1 is 0.962 bits per heavy atom. The lowest BCUT2D eigenvalue weighted by atomic mass is 10.2. The van der Waals surface area contributed by atoms with Gasteiger partial charge in [-0.15, -0.1) is 0 Å². The summed E-state index contributed by atoms with van der Waals surface area (Å²) in [4.78, 5) is 24.1. The van der Waals surface area contributed by atoms with E-state index >= 15 is 0 Å². The summed E-state index contributed by atoms with van der Waals surface area (Å²) >= 11 is 0. The third-order valence-corrected chi connectivity index (χ3v) is 3.37. The molecule has 0 fully saturated rings. The Morgan fingerprint density at radius 3 is 2.50 bits per heavy atom. The monoisotopic (exact) mass is 359 g/mol. The molecule has 0 spiro atoms. The number of nitrogens with one attached hydrogen (secondary N) is 2. The first-order chi connectivity index (χ1) is 12.5. The molecule has 0 bridgehead atoms. The van der Waals surface area contributed by atoms with Crippen molar-refractivity contribution < 1.29 is 18.0 Å². The fourth-order valence-electron chi connectivity index (χ4n) is 2.06. The third-order valence-electron chi connectivity index (χ3n) is 3.37. The van der Waals surface area contributed by atoms with E-state index in [1.165, 1.54) is 12.3 Å². The van der Waals surface area contributed by atoms with Gasteiger partial charge in [-0.1, -0.05) is 0 Å². The Hall–Kier alpha value is -3.49. The van der Waals surface area contributed by atoms with Crippen molar-refractivity contribution in [3.63, 3.8) is 0 Å². The fraction of sp³-hybridized carbons (Fsp3) is 0.0588. The first-order valence-electron chi connectivity index (χ1n) is 7.45. The van der Waals surface area contributed by atoms with E-state index in [1.54, 1.807) is 24.5 Å². The molecule has 132 valence electrons. The van der Waals surface area contributed by atoms with Gasteiger partial charge >= 0.3 is 0 Å². The molecule has 3 aromatic rings. The van der Waals surface area contributed by atoms with Gasteiger partial charge in [0.15, 0.2) is 17.5 Å². The van der Waals surface area contributed by atoms with Crippen LogP contribution in [0.1, 0.15) is 16.1 Å². The van der Waals surface area contributed by atoms with Crippen LogP contribution in [-0.4, -0.2) is 20.9 Å². The highest BCUT2D eigenvalue weighted by atomic mass is 19.2. The Morgan fingerprint density at radius 2 is 1.73 bits per heavy atom. The van der Waals surface area contributed by atoms with Gasteiger partial charge in [0.1, 0.15) is 5.69 Å². The van der Waals surface area contributed by atoms with Crippen LogP contribution in [0.3, 0.4) is 0 Å². The van der Waals surface area contributed by atoms with Crippen molar-refractivity contribution in [3.8, 4) is 0 Å². The maximum Gasteiger partial charge on any atom is 0.274 e. The number of hydrogen-bond donors (Lipinski definition) is 2. The lowest BCUT2D eigenvalue weighted by Crippen LogP contribution is -2.16. The zero-order valence-corrected chi connectivity index (χ0v) is 13.2. The van der Waals surface area contributed by atoms with Crippen LogP contribution < -0.4 is 10.6 Å². The van der Waals surface area contributed by atoms with Gasteiger partial charge < -0.3 is 10.6 Å². The molecule has 0 unspecified atom stereocenters. The molecule has 2 heterocycles. The van der Waals surface area contributed by atoms with Gasteiger partial charge in [0.05, 0.1) is 5.69 Å².